The van der Waals surface area contributed by atoms with Crippen molar-refractivity contribution in [1.29, 1.82) is 0 Å². The molecule has 0 aliphatic heterocycles. The SMILES string of the molecule is CCCCOc1ccc(C(=O)O[C@H](C)c2nnc(-c3ccc(C)cc3)o2)cc1OC. The molecule has 0 saturated carbocycles. The molecule has 1 aromatic heterocycles. The molecule has 7 nitrogen and oxygen atoms in total. The van der Waals surface area contributed by atoms with Crippen LogP contribution in [0.2, 0.25) is 0 Å². The minimum absolute atomic E-state index is 0.227. The molecular formula is C23H26N2O5. The number of hydrogen-bond donors (Lipinski definition) is 0. The Morgan fingerprint density at radius 2 is 1.87 bits per heavy atom. The van der Waals surface area contributed by atoms with Crippen LogP contribution in [0.5, 0.6) is 11.5 Å². The number of carbonyl (C=O) groups is 1. The third kappa shape index (κ3) is 5.17. The predicted molar refractivity (Wildman–Crippen MR) is 112 cm³/mol. The lowest BCUT2D eigenvalue weighted by atomic mass is 10.1. The second-order valence-electron chi connectivity index (χ2n) is 6.93. The van der Waals surface area contributed by atoms with Gasteiger partial charge in [-0.15, -0.1) is 10.2 Å². The summed E-state index contributed by atoms with van der Waals surface area (Å²) in [5.74, 6) is 1.16. The van der Waals surface area contributed by atoms with Gasteiger partial charge in [-0.05, 0) is 50.6 Å². The third-order valence-corrected chi connectivity index (χ3v) is 4.53. The van der Waals surface area contributed by atoms with Crippen LogP contribution in [0.4, 0.5) is 0 Å². The van der Waals surface area contributed by atoms with E-state index in [-0.39, 0.29) is 5.89 Å². The standard InChI is InChI=1S/C23H26N2O5/c1-5-6-13-28-19-12-11-18(14-20(19)27-4)23(26)29-16(3)21-24-25-22(30-21)17-9-7-15(2)8-10-17/h7-12,14,16H,5-6,13H2,1-4H3/t16-/m1/s1. The molecule has 7 heteroatoms. The predicted octanol–water partition coefficient (Wildman–Crippen LogP) is 5.15. The zero-order valence-corrected chi connectivity index (χ0v) is 17.7. The average Bonchev–Trinajstić information content (AvgIpc) is 3.25. The van der Waals surface area contributed by atoms with Crippen molar-refractivity contribution in [3.8, 4) is 23.0 Å². The fourth-order valence-corrected chi connectivity index (χ4v) is 2.73. The van der Waals surface area contributed by atoms with E-state index in [1.54, 1.807) is 25.1 Å². The number of unbranched alkanes of at least 4 members (excludes halogenated alkanes) is 1. The number of aromatic nitrogens is 2. The summed E-state index contributed by atoms with van der Waals surface area (Å²) < 4.78 is 22.2. The molecular weight excluding hydrogens is 384 g/mol. The Kier molecular flexibility index (Phi) is 7.06. The molecule has 0 aliphatic carbocycles. The summed E-state index contributed by atoms with van der Waals surface area (Å²) in [6.07, 6.45) is 1.28. The Morgan fingerprint density at radius 1 is 1.10 bits per heavy atom. The van der Waals surface area contributed by atoms with Crippen LogP contribution in [-0.4, -0.2) is 29.9 Å². The summed E-state index contributed by atoms with van der Waals surface area (Å²) in [6, 6.07) is 12.7. The van der Waals surface area contributed by atoms with Gasteiger partial charge in [-0.2, -0.15) is 0 Å². The van der Waals surface area contributed by atoms with E-state index in [0.29, 0.717) is 29.6 Å². The Morgan fingerprint density at radius 3 is 2.57 bits per heavy atom. The number of benzene rings is 2. The molecule has 0 unspecified atom stereocenters. The lowest BCUT2D eigenvalue weighted by molar-refractivity contribution is 0.0279. The van der Waals surface area contributed by atoms with E-state index in [1.807, 2.05) is 31.2 Å². The van der Waals surface area contributed by atoms with Crippen molar-refractivity contribution in [3.63, 3.8) is 0 Å². The number of aryl methyl sites for hydroxylation is 1. The monoisotopic (exact) mass is 410 g/mol. The van der Waals surface area contributed by atoms with Gasteiger partial charge in [0.15, 0.2) is 17.6 Å². The van der Waals surface area contributed by atoms with Crippen LogP contribution >= 0.6 is 0 Å². The minimum atomic E-state index is -0.698. The first kappa shape index (κ1) is 21.4. The highest BCUT2D eigenvalue weighted by atomic mass is 16.6. The first-order chi connectivity index (χ1) is 14.5. The topological polar surface area (TPSA) is 83.7 Å². The van der Waals surface area contributed by atoms with Crippen LogP contribution in [-0.2, 0) is 4.74 Å². The van der Waals surface area contributed by atoms with Crippen molar-refractivity contribution in [1.82, 2.24) is 10.2 Å². The number of nitrogens with zero attached hydrogens (tertiary/aromatic N) is 2. The van der Waals surface area contributed by atoms with Crippen LogP contribution in [0.1, 0.15) is 54.6 Å². The maximum atomic E-state index is 12.6. The van der Waals surface area contributed by atoms with Gasteiger partial charge in [-0.3, -0.25) is 0 Å². The molecule has 158 valence electrons. The summed E-state index contributed by atoms with van der Waals surface area (Å²) in [7, 11) is 1.53. The first-order valence-corrected chi connectivity index (χ1v) is 9.94. The molecule has 0 saturated heterocycles. The van der Waals surface area contributed by atoms with Gasteiger partial charge in [0.25, 0.3) is 5.89 Å². The average molecular weight is 410 g/mol. The second-order valence-corrected chi connectivity index (χ2v) is 6.93. The van der Waals surface area contributed by atoms with Crippen molar-refractivity contribution in [2.75, 3.05) is 13.7 Å². The van der Waals surface area contributed by atoms with E-state index >= 15 is 0 Å². The van der Waals surface area contributed by atoms with Crippen molar-refractivity contribution in [3.05, 3.63) is 59.5 Å². The van der Waals surface area contributed by atoms with E-state index in [4.69, 9.17) is 18.6 Å². The maximum Gasteiger partial charge on any atom is 0.339 e. The van der Waals surface area contributed by atoms with E-state index in [0.717, 1.165) is 24.0 Å². The van der Waals surface area contributed by atoms with E-state index < -0.39 is 12.1 Å². The molecule has 0 fully saturated rings. The lowest BCUT2D eigenvalue weighted by Crippen LogP contribution is -2.10. The van der Waals surface area contributed by atoms with E-state index in [9.17, 15) is 4.79 Å². The van der Waals surface area contributed by atoms with Gasteiger partial charge in [0.2, 0.25) is 5.89 Å². The Hall–Kier alpha value is -3.35. The normalized spacial score (nSPS) is 11.7. The fraction of sp³-hybridized carbons (Fsp3) is 0.348. The van der Waals surface area contributed by atoms with Gasteiger partial charge in [-0.1, -0.05) is 31.0 Å². The molecule has 0 amide bonds. The third-order valence-electron chi connectivity index (χ3n) is 4.53. The molecule has 1 atom stereocenters. The largest absolute Gasteiger partial charge is 0.493 e. The first-order valence-electron chi connectivity index (χ1n) is 9.94. The van der Waals surface area contributed by atoms with Gasteiger partial charge in [0, 0.05) is 5.56 Å². The van der Waals surface area contributed by atoms with Gasteiger partial charge < -0.3 is 18.6 Å². The summed E-state index contributed by atoms with van der Waals surface area (Å²) in [4.78, 5) is 12.6. The van der Waals surface area contributed by atoms with Crippen LogP contribution in [0.25, 0.3) is 11.5 Å². The molecule has 2 aromatic carbocycles. The highest BCUT2D eigenvalue weighted by Gasteiger charge is 2.21. The van der Waals surface area contributed by atoms with E-state index in [2.05, 4.69) is 17.1 Å². The molecule has 0 spiro atoms. The van der Waals surface area contributed by atoms with Gasteiger partial charge in [0.1, 0.15) is 0 Å². The van der Waals surface area contributed by atoms with Crippen LogP contribution in [0.15, 0.2) is 46.9 Å². The smallest absolute Gasteiger partial charge is 0.339 e. The quantitative estimate of drug-likeness (QED) is 0.356. The van der Waals surface area contributed by atoms with Gasteiger partial charge in [0.05, 0.1) is 19.3 Å². The molecule has 3 aromatic rings. The van der Waals surface area contributed by atoms with Gasteiger partial charge >= 0.3 is 5.97 Å². The molecule has 0 N–H and O–H groups in total. The molecule has 3 rings (SSSR count). The number of hydrogen-bond acceptors (Lipinski definition) is 7. The Balaban J connectivity index is 1.67. The van der Waals surface area contributed by atoms with Crippen LogP contribution in [0.3, 0.4) is 0 Å². The summed E-state index contributed by atoms with van der Waals surface area (Å²) in [5, 5.41) is 8.06. The summed E-state index contributed by atoms with van der Waals surface area (Å²) >= 11 is 0. The molecule has 0 radical (unpaired) electrons. The van der Waals surface area contributed by atoms with E-state index in [1.165, 1.54) is 7.11 Å². The fourth-order valence-electron chi connectivity index (χ4n) is 2.73. The van der Waals surface area contributed by atoms with Crippen molar-refractivity contribution in [2.45, 2.75) is 39.7 Å². The summed E-state index contributed by atoms with van der Waals surface area (Å²) in [5.41, 5.74) is 2.29. The molecule has 30 heavy (non-hydrogen) atoms. The molecule has 1 heterocycles. The van der Waals surface area contributed by atoms with Crippen LogP contribution in [0, 0.1) is 6.92 Å². The van der Waals surface area contributed by atoms with Gasteiger partial charge in [-0.25, -0.2) is 4.79 Å². The Bertz CT molecular complexity index is 982. The van der Waals surface area contributed by atoms with Crippen molar-refractivity contribution in [2.24, 2.45) is 0 Å². The maximum absolute atomic E-state index is 12.6. The number of rotatable bonds is 9. The Labute approximate surface area is 176 Å². The molecule has 0 bridgehead atoms. The molecule has 0 aliphatic rings. The zero-order chi connectivity index (χ0) is 21.5. The number of esters is 1. The minimum Gasteiger partial charge on any atom is -0.493 e. The number of carbonyl (C=O) groups excluding carboxylic acids is 1. The highest BCUT2D eigenvalue weighted by molar-refractivity contribution is 5.90. The van der Waals surface area contributed by atoms with Crippen molar-refractivity contribution < 1.29 is 23.4 Å². The second kappa shape index (κ2) is 9.91. The number of ether oxygens (including phenoxy) is 3. The summed E-state index contributed by atoms with van der Waals surface area (Å²) in [6.45, 7) is 6.37. The van der Waals surface area contributed by atoms with Crippen LogP contribution < -0.4 is 9.47 Å². The zero-order valence-electron chi connectivity index (χ0n) is 17.7. The highest BCUT2D eigenvalue weighted by Crippen LogP contribution is 2.29. The lowest BCUT2D eigenvalue weighted by Gasteiger charge is -2.13. The number of methoxy groups -OCH3 is 1. The van der Waals surface area contributed by atoms with Crippen molar-refractivity contribution >= 4 is 5.97 Å².